The molecule has 114 valence electrons. The molecule has 0 saturated heterocycles. The van der Waals surface area contributed by atoms with Gasteiger partial charge in [0, 0.05) is 17.9 Å². The molecule has 3 heteroatoms. The third-order valence-corrected chi connectivity index (χ3v) is 4.26. The van der Waals surface area contributed by atoms with Crippen LogP contribution in [0.25, 0.3) is 0 Å². The second-order valence-corrected chi connectivity index (χ2v) is 6.12. The van der Waals surface area contributed by atoms with Crippen molar-refractivity contribution < 1.29 is 4.79 Å². The van der Waals surface area contributed by atoms with Crippen LogP contribution in [0.5, 0.6) is 0 Å². The molecule has 3 nitrogen and oxygen atoms in total. The number of benzene rings is 2. The monoisotopic (exact) mass is 294 g/mol. The molecular weight excluding hydrogens is 272 g/mol. The van der Waals surface area contributed by atoms with E-state index in [1.165, 1.54) is 16.8 Å². The molecule has 0 spiro atoms. The summed E-state index contributed by atoms with van der Waals surface area (Å²) >= 11 is 0. The molecule has 0 radical (unpaired) electrons. The van der Waals surface area contributed by atoms with Crippen LogP contribution in [0.15, 0.2) is 36.4 Å². The molecule has 0 fully saturated rings. The topological polar surface area (TPSA) is 32.3 Å². The Morgan fingerprint density at radius 2 is 1.82 bits per heavy atom. The van der Waals surface area contributed by atoms with Crippen molar-refractivity contribution in [3.8, 4) is 0 Å². The minimum Gasteiger partial charge on any atom is -0.362 e. The van der Waals surface area contributed by atoms with Crippen molar-refractivity contribution in [2.24, 2.45) is 0 Å². The summed E-state index contributed by atoms with van der Waals surface area (Å²) in [6.07, 6.45) is 1.02. The number of carbonyl (C=O) groups is 1. The number of hydrogen-bond acceptors (Lipinski definition) is 2. The number of hydrogen-bond donors (Lipinski definition) is 1. The first-order valence-electron chi connectivity index (χ1n) is 7.75. The molecule has 2 aromatic carbocycles. The number of nitrogens with zero attached hydrogens (tertiary/aromatic N) is 1. The van der Waals surface area contributed by atoms with Crippen molar-refractivity contribution in [1.29, 1.82) is 0 Å². The minimum absolute atomic E-state index is 0.0479. The average molecular weight is 294 g/mol. The predicted octanol–water partition coefficient (Wildman–Crippen LogP) is 3.61. The van der Waals surface area contributed by atoms with Crippen molar-refractivity contribution in [1.82, 2.24) is 0 Å². The third kappa shape index (κ3) is 2.84. The van der Waals surface area contributed by atoms with Gasteiger partial charge in [0.05, 0.1) is 6.54 Å². The number of aryl methyl sites for hydroxylation is 3. The number of fused-ring (bicyclic) bond motifs is 1. The van der Waals surface area contributed by atoms with E-state index in [1.54, 1.807) is 0 Å². The van der Waals surface area contributed by atoms with E-state index in [0.717, 1.165) is 29.8 Å². The van der Waals surface area contributed by atoms with Gasteiger partial charge in [0.15, 0.2) is 0 Å². The van der Waals surface area contributed by atoms with E-state index in [2.05, 4.69) is 47.5 Å². The van der Waals surface area contributed by atoms with Gasteiger partial charge in [-0.25, -0.2) is 0 Å². The predicted molar refractivity (Wildman–Crippen MR) is 91.6 cm³/mol. The Balaban J connectivity index is 1.72. The van der Waals surface area contributed by atoms with E-state index < -0.39 is 0 Å². The molecule has 1 N–H and O–H groups in total. The second-order valence-electron chi connectivity index (χ2n) is 6.12. The molecular formula is C19H22N2O. The zero-order valence-electron chi connectivity index (χ0n) is 13.4. The Kier molecular flexibility index (Phi) is 3.88. The minimum atomic E-state index is 0.0479. The van der Waals surface area contributed by atoms with E-state index in [4.69, 9.17) is 0 Å². The van der Waals surface area contributed by atoms with E-state index in [0.29, 0.717) is 6.54 Å². The van der Waals surface area contributed by atoms with Crippen molar-refractivity contribution in [3.63, 3.8) is 0 Å². The first kappa shape index (κ1) is 14.6. The zero-order valence-corrected chi connectivity index (χ0v) is 13.4. The largest absolute Gasteiger partial charge is 0.362 e. The molecule has 0 saturated carbocycles. The standard InChI is InChI=1S/C19H22N2O/c1-13-10-14(2)19(15(3)11-13)20-18(22)12-21-9-8-16-6-4-5-7-17(16)21/h4-7,10-11H,8-9,12H2,1-3H3,(H,20,22). The highest BCUT2D eigenvalue weighted by Crippen LogP contribution is 2.27. The first-order valence-corrected chi connectivity index (χ1v) is 7.75. The lowest BCUT2D eigenvalue weighted by molar-refractivity contribution is -0.115. The van der Waals surface area contributed by atoms with Gasteiger partial charge in [-0.05, 0) is 49.9 Å². The number of nitrogens with one attached hydrogen (secondary N) is 1. The van der Waals surface area contributed by atoms with Crippen molar-refractivity contribution in [2.75, 3.05) is 23.3 Å². The van der Waals surface area contributed by atoms with Gasteiger partial charge in [-0.3, -0.25) is 4.79 Å². The zero-order chi connectivity index (χ0) is 15.7. The molecule has 0 aliphatic carbocycles. The lowest BCUT2D eigenvalue weighted by Gasteiger charge is -2.20. The highest BCUT2D eigenvalue weighted by atomic mass is 16.2. The van der Waals surface area contributed by atoms with Crippen LogP contribution in [0.2, 0.25) is 0 Å². The fourth-order valence-corrected chi connectivity index (χ4v) is 3.30. The molecule has 22 heavy (non-hydrogen) atoms. The fraction of sp³-hybridized carbons (Fsp3) is 0.316. The molecule has 0 unspecified atom stereocenters. The molecule has 2 aromatic rings. The van der Waals surface area contributed by atoms with Crippen LogP contribution in [0.4, 0.5) is 11.4 Å². The van der Waals surface area contributed by atoms with Crippen LogP contribution in [-0.2, 0) is 11.2 Å². The fourth-order valence-electron chi connectivity index (χ4n) is 3.30. The van der Waals surface area contributed by atoms with Crippen molar-refractivity contribution in [2.45, 2.75) is 27.2 Å². The van der Waals surface area contributed by atoms with Crippen LogP contribution in [0, 0.1) is 20.8 Å². The maximum Gasteiger partial charge on any atom is 0.243 e. The van der Waals surface area contributed by atoms with Crippen LogP contribution >= 0.6 is 0 Å². The van der Waals surface area contributed by atoms with Crippen LogP contribution in [-0.4, -0.2) is 19.0 Å². The highest BCUT2D eigenvalue weighted by Gasteiger charge is 2.20. The summed E-state index contributed by atoms with van der Waals surface area (Å²) in [4.78, 5) is 14.6. The Labute approximate surface area is 132 Å². The van der Waals surface area contributed by atoms with Crippen molar-refractivity contribution >= 4 is 17.3 Å². The van der Waals surface area contributed by atoms with E-state index in [-0.39, 0.29) is 5.91 Å². The Morgan fingerprint density at radius 3 is 2.55 bits per heavy atom. The van der Waals surface area contributed by atoms with Crippen LogP contribution in [0.1, 0.15) is 22.3 Å². The van der Waals surface area contributed by atoms with E-state index in [9.17, 15) is 4.79 Å². The van der Waals surface area contributed by atoms with Gasteiger partial charge in [0.2, 0.25) is 5.91 Å². The molecule has 3 rings (SSSR count). The number of anilines is 2. The van der Waals surface area contributed by atoms with Gasteiger partial charge in [0.1, 0.15) is 0 Å². The number of para-hydroxylation sites is 1. The summed E-state index contributed by atoms with van der Waals surface area (Å²) in [5.41, 5.74) is 6.93. The van der Waals surface area contributed by atoms with E-state index >= 15 is 0 Å². The van der Waals surface area contributed by atoms with Gasteiger partial charge in [0.25, 0.3) is 0 Å². The second kappa shape index (κ2) is 5.84. The molecule has 1 amide bonds. The highest BCUT2D eigenvalue weighted by molar-refractivity contribution is 5.95. The summed E-state index contributed by atoms with van der Waals surface area (Å²) in [6.45, 7) is 7.48. The van der Waals surface area contributed by atoms with Gasteiger partial charge in [-0.2, -0.15) is 0 Å². The normalized spacial score (nSPS) is 13.1. The van der Waals surface area contributed by atoms with Crippen molar-refractivity contribution in [3.05, 3.63) is 58.7 Å². The molecule has 0 bridgehead atoms. The molecule has 1 heterocycles. The quantitative estimate of drug-likeness (QED) is 0.938. The number of carbonyl (C=O) groups excluding carboxylic acids is 1. The molecule has 1 aliphatic heterocycles. The summed E-state index contributed by atoms with van der Waals surface area (Å²) in [7, 11) is 0. The molecule has 0 aromatic heterocycles. The summed E-state index contributed by atoms with van der Waals surface area (Å²) < 4.78 is 0. The Morgan fingerprint density at radius 1 is 1.14 bits per heavy atom. The lowest BCUT2D eigenvalue weighted by atomic mass is 10.1. The Hall–Kier alpha value is -2.29. The SMILES string of the molecule is Cc1cc(C)c(NC(=O)CN2CCc3ccccc32)c(C)c1. The van der Waals surface area contributed by atoms with E-state index in [1.807, 2.05) is 19.9 Å². The van der Waals surface area contributed by atoms with Crippen LogP contribution < -0.4 is 10.2 Å². The summed E-state index contributed by atoms with van der Waals surface area (Å²) in [5, 5.41) is 3.08. The average Bonchev–Trinajstić information content (AvgIpc) is 2.86. The summed E-state index contributed by atoms with van der Waals surface area (Å²) in [6, 6.07) is 12.5. The maximum atomic E-state index is 12.4. The first-order chi connectivity index (χ1) is 10.5. The van der Waals surface area contributed by atoms with Gasteiger partial charge in [-0.15, -0.1) is 0 Å². The molecule has 0 atom stereocenters. The summed E-state index contributed by atoms with van der Waals surface area (Å²) in [5.74, 6) is 0.0479. The Bertz CT molecular complexity index is 698. The van der Waals surface area contributed by atoms with Gasteiger partial charge < -0.3 is 10.2 Å². The van der Waals surface area contributed by atoms with Gasteiger partial charge in [-0.1, -0.05) is 35.9 Å². The third-order valence-electron chi connectivity index (χ3n) is 4.26. The molecule has 1 aliphatic rings. The smallest absolute Gasteiger partial charge is 0.243 e. The lowest BCUT2D eigenvalue weighted by Crippen LogP contribution is -2.32. The maximum absolute atomic E-state index is 12.4. The number of amides is 1. The number of rotatable bonds is 3. The van der Waals surface area contributed by atoms with Gasteiger partial charge >= 0.3 is 0 Å². The van der Waals surface area contributed by atoms with Crippen LogP contribution in [0.3, 0.4) is 0 Å².